The largest absolute Gasteiger partial charge is 0.481 e. The van der Waals surface area contributed by atoms with Gasteiger partial charge < -0.3 is 9.67 Å². The van der Waals surface area contributed by atoms with E-state index < -0.39 is 5.97 Å². The van der Waals surface area contributed by atoms with Crippen LogP contribution in [0.1, 0.15) is 30.5 Å². The Kier molecular flexibility index (Phi) is 4.60. The van der Waals surface area contributed by atoms with Crippen LogP contribution in [-0.2, 0) is 11.3 Å². The lowest BCUT2D eigenvalue weighted by molar-refractivity contribution is -0.133. The number of carboxylic acids is 1. The maximum Gasteiger partial charge on any atom is 0.313 e. The molecule has 2 aromatic rings. The molecular formula is C12H15N3O2S2. The van der Waals surface area contributed by atoms with Gasteiger partial charge in [-0.1, -0.05) is 31.7 Å². The van der Waals surface area contributed by atoms with Crippen molar-refractivity contribution in [3.63, 3.8) is 0 Å². The summed E-state index contributed by atoms with van der Waals surface area (Å²) in [6.45, 7) is 4.81. The van der Waals surface area contributed by atoms with Crippen molar-refractivity contribution in [3.8, 4) is 0 Å². The van der Waals surface area contributed by atoms with Crippen LogP contribution in [-0.4, -0.2) is 31.6 Å². The van der Waals surface area contributed by atoms with E-state index in [0.717, 1.165) is 5.82 Å². The number of hydrogen-bond donors (Lipinski definition) is 1. The summed E-state index contributed by atoms with van der Waals surface area (Å²) in [7, 11) is 0. The lowest BCUT2D eigenvalue weighted by Gasteiger charge is -2.10. The Balaban J connectivity index is 2.25. The van der Waals surface area contributed by atoms with Gasteiger partial charge in [0, 0.05) is 10.8 Å². The summed E-state index contributed by atoms with van der Waals surface area (Å²) in [5.41, 5.74) is 0. The minimum absolute atomic E-state index is 0.000664. The Morgan fingerprint density at radius 3 is 2.89 bits per heavy atom. The molecule has 2 aromatic heterocycles. The van der Waals surface area contributed by atoms with Crippen LogP contribution in [0.15, 0.2) is 22.7 Å². The fourth-order valence-electron chi connectivity index (χ4n) is 1.67. The highest BCUT2D eigenvalue weighted by Gasteiger charge is 2.16. The number of nitrogens with zero attached hydrogens (tertiary/aromatic N) is 3. The molecule has 0 bridgehead atoms. The van der Waals surface area contributed by atoms with Crippen LogP contribution < -0.4 is 0 Å². The van der Waals surface area contributed by atoms with Gasteiger partial charge in [-0.05, 0) is 11.4 Å². The molecule has 0 unspecified atom stereocenters. The molecule has 0 saturated heterocycles. The van der Waals surface area contributed by atoms with E-state index in [2.05, 4.69) is 30.1 Å². The summed E-state index contributed by atoms with van der Waals surface area (Å²) < 4.78 is 2.00. The Morgan fingerprint density at radius 2 is 2.32 bits per heavy atom. The number of thiophene rings is 1. The first kappa shape index (κ1) is 14.1. The highest BCUT2D eigenvalue weighted by atomic mass is 32.2. The van der Waals surface area contributed by atoms with E-state index in [4.69, 9.17) is 5.11 Å². The lowest BCUT2D eigenvalue weighted by Crippen LogP contribution is -2.08. The predicted octanol–water partition coefficient (Wildman–Crippen LogP) is 2.69. The second-order valence-electron chi connectivity index (χ2n) is 4.34. The molecule has 0 amide bonds. The lowest BCUT2D eigenvalue weighted by atomic mass is 10.2. The fourth-order valence-corrected chi connectivity index (χ4v) is 3.02. The molecule has 0 aliphatic rings. The maximum absolute atomic E-state index is 10.7. The summed E-state index contributed by atoms with van der Waals surface area (Å²) >= 11 is 2.88. The van der Waals surface area contributed by atoms with E-state index in [0.29, 0.717) is 11.7 Å². The van der Waals surface area contributed by atoms with Gasteiger partial charge in [0.05, 0.1) is 12.3 Å². The molecule has 2 rings (SSSR count). The third-order valence-electron chi connectivity index (χ3n) is 2.48. The number of carbonyl (C=O) groups is 1. The normalized spacial score (nSPS) is 11.1. The zero-order chi connectivity index (χ0) is 13.8. The second kappa shape index (κ2) is 6.21. The van der Waals surface area contributed by atoms with Crippen LogP contribution in [0, 0.1) is 0 Å². The third-order valence-corrected chi connectivity index (χ3v) is 4.29. The highest BCUT2D eigenvalue weighted by molar-refractivity contribution is 7.99. The van der Waals surface area contributed by atoms with Gasteiger partial charge in [0.1, 0.15) is 5.82 Å². The first-order valence-corrected chi connectivity index (χ1v) is 7.74. The van der Waals surface area contributed by atoms with Crippen LogP contribution >= 0.6 is 23.1 Å². The molecule has 0 aliphatic heterocycles. The van der Waals surface area contributed by atoms with E-state index in [1.54, 1.807) is 11.3 Å². The second-order valence-corrected chi connectivity index (χ2v) is 6.32. The molecule has 0 atom stereocenters. The number of thioether (sulfide) groups is 1. The first-order valence-electron chi connectivity index (χ1n) is 5.88. The Hall–Kier alpha value is -1.34. The molecule has 0 radical (unpaired) electrons. The van der Waals surface area contributed by atoms with E-state index in [9.17, 15) is 4.79 Å². The van der Waals surface area contributed by atoms with Crippen molar-refractivity contribution >= 4 is 29.1 Å². The van der Waals surface area contributed by atoms with Gasteiger partial charge >= 0.3 is 5.97 Å². The van der Waals surface area contributed by atoms with Crippen molar-refractivity contribution in [2.75, 3.05) is 5.75 Å². The Bertz CT molecular complexity index is 549. The van der Waals surface area contributed by atoms with Crippen molar-refractivity contribution in [1.29, 1.82) is 0 Å². The van der Waals surface area contributed by atoms with Crippen molar-refractivity contribution in [1.82, 2.24) is 14.8 Å². The van der Waals surface area contributed by atoms with Gasteiger partial charge in [-0.25, -0.2) is 0 Å². The molecule has 0 spiro atoms. The standard InChI is InChI=1S/C12H15N3O2S2/c1-8(2)11-13-14-12(19-7-10(16)17)15(11)6-9-4-3-5-18-9/h3-5,8H,6-7H2,1-2H3,(H,16,17). The number of rotatable bonds is 6. The van der Waals surface area contributed by atoms with Gasteiger partial charge in [0.25, 0.3) is 0 Å². The molecule has 2 heterocycles. The first-order chi connectivity index (χ1) is 9.08. The van der Waals surface area contributed by atoms with Crippen molar-refractivity contribution in [2.24, 2.45) is 0 Å². The van der Waals surface area contributed by atoms with Gasteiger partial charge in [0.15, 0.2) is 5.16 Å². The molecule has 7 heteroatoms. The van der Waals surface area contributed by atoms with Crippen LogP contribution in [0.25, 0.3) is 0 Å². The SMILES string of the molecule is CC(C)c1nnc(SCC(=O)O)n1Cc1cccs1. The molecule has 0 fully saturated rings. The quantitative estimate of drug-likeness (QED) is 0.830. The third kappa shape index (κ3) is 3.57. The van der Waals surface area contributed by atoms with Crippen molar-refractivity contribution < 1.29 is 9.90 Å². The molecule has 0 aliphatic carbocycles. The highest BCUT2D eigenvalue weighted by Crippen LogP contribution is 2.23. The van der Waals surface area contributed by atoms with E-state index >= 15 is 0 Å². The molecule has 102 valence electrons. The van der Waals surface area contributed by atoms with E-state index in [-0.39, 0.29) is 11.7 Å². The minimum atomic E-state index is -0.846. The van der Waals surface area contributed by atoms with Crippen LogP contribution in [0.2, 0.25) is 0 Å². The smallest absolute Gasteiger partial charge is 0.313 e. The minimum Gasteiger partial charge on any atom is -0.481 e. The van der Waals surface area contributed by atoms with Gasteiger partial charge in [-0.15, -0.1) is 21.5 Å². The van der Waals surface area contributed by atoms with E-state index in [1.165, 1.54) is 16.6 Å². The summed E-state index contributed by atoms with van der Waals surface area (Å²) in [4.78, 5) is 11.9. The predicted molar refractivity (Wildman–Crippen MR) is 75.9 cm³/mol. The van der Waals surface area contributed by atoms with E-state index in [1.807, 2.05) is 16.0 Å². The number of carboxylic acid groups (broad SMARTS) is 1. The van der Waals surface area contributed by atoms with Gasteiger partial charge in [0.2, 0.25) is 0 Å². The van der Waals surface area contributed by atoms with Crippen LogP contribution in [0.4, 0.5) is 0 Å². The Morgan fingerprint density at radius 1 is 1.53 bits per heavy atom. The summed E-state index contributed by atoms with van der Waals surface area (Å²) in [6, 6.07) is 4.06. The number of hydrogen-bond acceptors (Lipinski definition) is 5. The molecule has 1 N–H and O–H groups in total. The Labute approximate surface area is 119 Å². The summed E-state index contributed by atoms with van der Waals surface area (Å²) in [5, 5.41) is 19.7. The zero-order valence-electron chi connectivity index (χ0n) is 10.7. The van der Waals surface area contributed by atoms with Crippen molar-refractivity contribution in [2.45, 2.75) is 31.5 Å². The van der Waals surface area contributed by atoms with Gasteiger partial charge in [-0.2, -0.15) is 0 Å². The topological polar surface area (TPSA) is 68.0 Å². The zero-order valence-corrected chi connectivity index (χ0v) is 12.4. The van der Waals surface area contributed by atoms with Gasteiger partial charge in [-0.3, -0.25) is 4.79 Å². The number of aliphatic carboxylic acids is 1. The maximum atomic E-state index is 10.7. The average Bonchev–Trinajstić information content (AvgIpc) is 2.96. The average molecular weight is 297 g/mol. The number of aromatic nitrogens is 3. The molecule has 19 heavy (non-hydrogen) atoms. The fraction of sp³-hybridized carbons (Fsp3) is 0.417. The van der Waals surface area contributed by atoms with Crippen LogP contribution in [0.5, 0.6) is 0 Å². The van der Waals surface area contributed by atoms with Crippen molar-refractivity contribution in [3.05, 3.63) is 28.2 Å². The summed E-state index contributed by atoms with van der Waals surface area (Å²) in [5.74, 6) is 0.301. The van der Waals surface area contributed by atoms with Crippen LogP contribution in [0.3, 0.4) is 0 Å². The molecular weight excluding hydrogens is 282 g/mol. The molecule has 5 nitrogen and oxygen atoms in total. The molecule has 0 aromatic carbocycles. The monoisotopic (exact) mass is 297 g/mol. The summed E-state index contributed by atoms with van der Waals surface area (Å²) in [6.07, 6.45) is 0. The molecule has 0 saturated carbocycles.